The molecule has 1 aromatic rings. The van der Waals surface area contributed by atoms with Crippen molar-refractivity contribution < 1.29 is 14.3 Å². The molecule has 1 fully saturated rings. The maximum Gasteiger partial charge on any atom is 0.254 e. The number of nitrogens with one attached hydrogen (secondary N) is 1. The molecule has 0 radical (unpaired) electrons. The Morgan fingerprint density at radius 2 is 2.42 bits per heavy atom. The maximum atomic E-state index is 12.5. The third-order valence-corrected chi connectivity index (χ3v) is 3.24. The van der Waals surface area contributed by atoms with Crippen LogP contribution >= 0.6 is 0 Å². The van der Waals surface area contributed by atoms with Crippen LogP contribution in [0.25, 0.3) is 0 Å². The van der Waals surface area contributed by atoms with Gasteiger partial charge in [-0.2, -0.15) is 0 Å². The maximum absolute atomic E-state index is 12.5. The second kappa shape index (κ2) is 6.54. The van der Waals surface area contributed by atoms with Crippen LogP contribution in [0.15, 0.2) is 24.3 Å². The Balaban J connectivity index is 2.16. The van der Waals surface area contributed by atoms with Crippen molar-refractivity contribution in [2.75, 3.05) is 40.5 Å². The van der Waals surface area contributed by atoms with Gasteiger partial charge in [0.05, 0.1) is 26.4 Å². The molecule has 1 unspecified atom stereocenters. The van der Waals surface area contributed by atoms with E-state index >= 15 is 0 Å². The molecule has 1 aromatic carbocycles. The van der Waals surface area contributed by atoms with E-state index < -0.39 is 0 Å². The number of likely N-dealkylation sites (N-methyl/N-ethyl adjacent to an activating group) is 1. The summed E-state index contributed by atoms with van der Waals surface area (Å²) < 4.78 is 10.6. The van der Waals surface area contributed by atoms with Crippen molar-refractivity contribution in [2.24, 2.45) is 0 Å². The summed E-state index contributed by atoms with van der Waals surface area (Å²) in [4.78, 5) is 14.4. The van der Waals surface area contributed by atoms with E-state index in [2.05, 4.69) is 5.32 Å². The first kappa shape index (κ1) is 13.8. The summed E-state index contributed by atoms with van der Waals surface area (Å²) in [5.41, 5.74) is 0.655. The Morgan fingerprint density at radius 1 is 1.58 bits per heavy atom. The van der Waals surface area contributed by atoms with Gasteiger partial charge in [0, 0.05) is 18.7 Å². The van der Waals surface area contributed by atoms with Gasteiger partial charge in [0.15, 0.2) is 0 Å². The van der Waals surface area contributed by atoms with E-state index in [4.69, 9.17) is 9.47 Å². The van der Waals surface area contributed by atoms with Crippen LogP contribution in [0.5, 0.6) is 5.75 Å². The van der Waals surface area contributed by atoms with Gasteiger partial charge in [0.1, 0.15) is 5.75 Å². The molecule has 2 rings (SSSR count). The summed E-state index contributed by atoms with van der Waals surface area (Å²) in [7, 11) is 3.48. The quantitative estimate of drug-likeness (QED) is 0.872. The fraction of sp³-hybridized carbons (Fsp3) is 0.500. The minimum absolute atomic E-state index is 0.0300. The SMILES string of the molecule is CNCC1COCCN1C(=O)c1cccc(OC)c1. The highest BCUT2D eigenvalue weighted by molar-refractivity contribution is 5.94. The molecule has 1 amide bonds. The van der Waals surface area contributed by atoms with Crippen LogP contribution in [0.4, 0.5) is 0 Å². The number of amides is 1. The lowest BCUT2D eigenvalue weighted by atomic mass is 10.1. The topological polar surface area (TPSA) is 50.8 Å². The first-order chi connectivity index (χ1) is 9.26. The van der Waals surface area contributed by atoms with Crippen LogP contribution in [0.2, 0.25) is 0 Å². The lowest BCUT2D eigenvalue weighted by Crippen LogP contribution is -2.52. The number of methoxy groups -OCH3 is 1. The van der Waals surface area contributed by atoms with Crippen LogP contribution < -0.4 is 10.1 Å². The van der Waals surface area contributed by atoms with Crippen LogP contribution in [0.3, 0.4) is 0 Å². The lowest BCUT2D eigenvalue weighted by Gasteiger charge is -2.35. The van der Waals surface area contributed by atoms with Crippen LogP contribution in [-0.4, -0.2) is 57.3 Å². The standard InChI is InChI=1S/C14H20N2O3/c1-15-9-12-10-19-7-6-16(12)14(17)11-4-3-5-13(8-11)18-2/h3-5,8,12,15H,6-7,9-10H2,1-2H3. The minimum atomic E-state index is 0.0300. The summed E-state index contributed by atoms with van der Waals surface area (Å²) in [6.45, 7) is 2.53. The van der Waals surface area contributed by atoms with Gasteiger partial charge in [0.2, 0.25) is 0 Å². The predicted molar refractivity (Wildman–Crippen MR) is 72.6 cm³/mol. The van der Waals surface area contributed by atoms with Gasteiger partial charge >= 0.3 is 0 Å². The minimum Gasteiger partial charge on any atom is -0.497 e. The Bertz CT molecular complexity index is 434. The second-order valence-corrected chi connectivity index (χ2v) is 4.52. The molecule has 19 heavy (non-hydrogen) atoms. The Labute approximate surface area is 113 Å². The molecular formula is C14H20N2O3. The van der Waals surface area contributed by atoms with Crippen molar-refractivity contribution in [3.8, 4) is 5.75 Å². The predicted octanol–water partition coefficient (Wildman–Crippen LogP) is 0.756. The summed E-state index contributed by atoms with van der Waals surface area (Å²) in [5, 5.41) is 3.10. The van der Waals surface area contributed by atoms with Gasteiger partial charge in [-0.05, 0) is 25.2 Å². The summed E-state index contributed by atoms with van der Waals surface area (Å²) >= 11 is 0. The summed E-state index contributed by atoms with van der Waals surface area (Å²) in [6.07, 6.45) is 0. The van der Waals surface area contributed by atoms with E-state index in [1.54, 1.807) is 13.2 Å². The third-order valence-electron chi connectivity index (χ3n) is 3.24. The zero-order chi connectivity index (χ0) is 13.7. The largest absolute Gasteiger partial charge is 0.497 e. The van der Waals surface area contributed by atoms with E-state index in [1.165, 1.54) is 0 Å². The van der Waals surface area contributed by atoms with E-state index in [1.807, 2.05) is 30.1 Å². The molecule has 0 aliphatic carbocycles. The zero-order valence-electron chi connectivity index (χ0n) is 11.4. The number of nitrogens with zero attached hydrogens (tertiary/aromatic N) is 1. The van der Waals surface area contributed by atoms with Gasteiger partial charge in [-0.1, -0.05) is 6.07 Å². The van der Waals surface area contributed by atoms with Gasteiger partial charge in [0.25, 0.3) is 5.91 Å². The van der Waals surface area contributed by atoms with E-state index in [-0.39, 0.29) is 11.9 Å². The molecule has 1 saturated heterocycles. The van der Waals surface area contributed by atoms with Gasteiger partial charge in [-0.25, -0.2) is 0 Å². The molecule has 1 heterocycles. The Kier molecular flexibility index (Phi) is 4.76. The third kappa shape index (κ3) is 3.24. The second-order valence-electron chi connectivity index (χ2n) is 4.52. The number of carbonyl (C=O) groups is 1. The van der Waals surface area contributed by atoms with Gasteiger partial charge < -0.3 is 19.7 Å². The van der Waals surface area contributed by atoms with Crippen molar-refractivity contribution in [1.29, 1.82) is 0 Å². The number of morpholine rings is 1. The Hall–Kier alpha value is -1.59. The van der Waals surface area contributed by atoms with E-state index in [9.17, 15) is 4.79 Å². The molecule has 1 N–H and O–H groups in total. The number of carbonyl (C=O) groups excluding carboxylic acids is 1. The van der Waals surface area contributed by atoms with Gasteiger partial charge in [-0.15, -0.1) is 0 Å². The lowest BCUT2D eigenvalue weighted by molar-refractivity contribution is -0.000988. The first-order valence-corrected chi connectivity index (χ1v) is 6.43. The van der Waals surface area contributed by atoms with Crippen molar-refractivity contribution in [3.05, 3.63) is 29.8 Å². The zero-order valence-corrected chi connectivity index (χ0v) is 11.4. The highest BCUT2D eigenvalue weighted by Gasteiger charge is 2.27. The van der Waals surface area contributed by atoms with Crippen LogP contribution in [0, 0.1) is 0 Å². The molecule has 1 aliphatic heterocycles. The number of hydrogen-bond acceptors (Lipinski definition) is 4. The molecule has 0 bridgehead atoms. The fourth-order valence-electron chi connectivity index (χ4n) is 2.25. The molecule has 1 atom stereocenters. The molecule has 104 valence electrons. The average Bonchev–Trinajstić information content (AvgIpc) is 2.47. The van der Waals surface area contributed by atoms with Crippen LogP contribution in [0.1, 0.15) is 10.4 Å². The van der Waals surface area contributed by atoms with E-state index in [0.29, 0.717) is 31.1 Å². The fourth-order valence-corrected chi connectivity index (χ4v) is 2.25. The highest BCUT2D eigenvalue weighted by atomic mass is 16.5. The summed E-state index contributed by atoms with van der Waals surface area (Å²) in [6, 6.07) is 7.34. The summed E-state index contributed by atoms with van der Waals surface area (Å²) in [5.74, 6) is 0.728. The number of ether oxygens (including phenoxy) is 2. The van der Waals surface area contributed by atoms with Crippen molar-refractivity contribution >= 4 is 5.91 Å². The molecule has 0 saturated carbocycles. The van der Waals surface area contributed by atoms with Crippen molar-refractivity contribution in [2.45, 2.75) is 6.04 Å². The molecule has 0 spiro atoms. The highest BCUT2D eigenvalue weighted by Crippen LogP contribution is 2.17. The van der Waals surface area contributed by atoms with E-state index in [0.717, 1.165) is 6.54 Å². The molecule has 1 aliphatic rings. The van der Waals surface area contributed by atoms with Crippen molar-refractivity contribution in [3.63, 3.8) is 0 Å². The number of rotatable bonds is 4. The molecule has 5 heteroatoms. The number of hydrogen-bond donors (Lipinski definition) is 1. The monoisotopic (exact) mass is 264 g/mol. The van der Waals surface area contributed by atoms with Crippen molar-refractivity contribution in [1.82, 2.24) is 10.2 Å². The molecular weight excluding hydrogens is 244 g/mol. The first-order valence-electron chi connectivity index (χ1n) is 6.43. The average molecular weight is 264 g/mol. The molecule has 5 nitrogen and oxygen atoms in total. The number of benzene rings is 1. The molecule has 0 aromatic heterocycles. The Morgan fingerprint density at radius 3 is 3.16 bits per heavy atom. The van der Waals surface area contributed by atoms with Crippen LogP contribution in [-0.2, 0) is 4.74 Å². The van der Waals surface area contributed by atoms with Gasteiger partial charge in [-0.3, -0.25) is 4.79 Å². The normalized spacial score (nSPS) is 19.3. The smallest absolute Gasteiger partial charge is 0.254 e.